The molecule has 0 N–H and O–H groups in total. The van der Waals surface area contributed by atoms with Crippen molar-refractivity contribution < 1.29 is 13.6 Å². The molecule has 0 spiro atoms. The number of amides is 1. The van der Waals surface area contributed by atoms with Crippen molar-refractivity contribution >= 4 is 44.4 Å². The first-order valence-corrected chi connectivity index (χ1v) is 11.7. The molecule has 4 rings (SSSR count). The third-order valence-corrected chi connectivity index (χ3v) is 6.71. The molecule has 0 aliphatic carbocycles. The van der Waals surface area contributed by atoms with Gasteiger partial charge in [-0.2, -0.15) is 11.8 Å². The molecule has 0 aliphatic rings. The van der Waals surface area contributed by atoms with Gasteiger partial charge in [0.2, 0.25) is 5.91 Å². The molecule has 1 amide bonds. The first-order chi connectivity index (χ1) is 14.7. The number of anilines is 1. The summed E-state index contributed by atoms with van der Waals surface area (Å²) in [6, 6.07) is 18.4. The topological polar surface area (TPSA) is 46.3 Å². The average molecular weight is 441 g/mol. The number of rotatable bonds is 9. The number of carbonyl (C=O) groups is 1. The van der Waals surface area contributed by atoms with E-state index in [1.54, 1.807) is 23.3 Å². The van der Waals surface area contributed by atoms with Crippen LogP contribution in [0.25, 0.3) is 10.2 Å². The molecule has 2 heterocycles. The quantitative estimate of drug-likeness (QED) is 0.288. The second-order valence-electron chi connectivity index (χ2n) is 6.81. The highest BCUT2D eigenvalue weighted by Crippen LogP contribution is 2.31. The summed E-state index contributed by atoms with van der Waals surface area (Å²) < 4.78 is 19.7. The monoisotopic (exact) mass is 440 g/mol. The predicted octanol–water partition coefficient (Wildman–Crippen LogP) is 6.28. The van der Waals surface area contributed by atoms with Gasteiger partial charge in [0, 0.05) is 12.2 Å². The van der Waals surface area contributed by atoms with Gasteiger partial charge in [0.1, 0.15) is 11.6 Å². The van der Waals surface area contributed by atoms with Crippen LogP contribution in [-0.4, -0.2) is 16.6 Å². The zero-order valence-corrected chi connectivity index (χ0v) is 17.9. The Morgan fingerprint density at radius 3 is 2.80 bits per heavy atom. The maximum Gasteiger partial charge on any atom is 0.229 e. The van der Waals surface area contributed by atoms with Crippen molar-refractivity contribution in [3.05, 3.63) is 84.1 Å². The van der Waals surface area contributed by atoms with Gasteiger partial charge in [0.25, 0.3) is 0 Å². The third kappa shape index (κ3) is 5.29. The molecule has 0 atom stereocenters. The Kier molecular flexibility index (Phi) is 6.81. The molecule has 2 aromatic carbocycles. The summed E-state index contributed by atoms with van der Waals surface area (Å²) in [5.41, 5.74) is 1.97. The molecule has 30 heavy (non-hydrogen) atoms. The van der Waals surface area contributed by atoms with Crippen molar-refractivity contribution in [3.63, 3.8) is 0 Å². The Morgan fingerprint density at radius 2 is 2.00 bits per heavy atom. The lowest BCUT2D eigenvalue weighted by molar-refractivity contribution is -0.118. The van der Waals surface area contributed by atoms with Crippen LogP contribution in [0.2, 0.25) is 0 Å². The van der Waals surface area contributed by atoms with E-state index in [9.17, 15) is 9.18 Å². The fourth-order valence-corrected chi connectivity index (χ4v) is 4.98. The Morgan fingerprint density at radius 1 is 1.13 bits per heavy atom. The Hall–Kier alpha value is -2.64. The molecule has 0 unspecified atom stereocenters. The fraction of sp³-hybridized carbons (Fsp3) is 0.217. The highest BCUT2D eigenvalue weighted by Gasteiger charge is 2.21. The summed E-state index contributed by atoms with van der Waals surface area (Å²) in [6.07, 6.45) is 2.79. The molecule has 0 fully saturated rings. The normalized spacial score (nSPS) is 11.1. The van der Waals surface area contributed by atoms with Crippen molar-refractivity contribution in [2.24, 2.45) is 0 Å². The molecule has 4 nitrogen and oxygen atoms in total. The van der Waals surface area contributed by atoms with Gasteiger partial charge in [-0.25, -0.2) is 9.37 Å². The van der Waals surface area contributed by atoms with E-state index in [-0.39, 0.29) is 11.7 Å². The molecule has 154 valence electrons. The molecule has 0 radical (unpaired) electrons. The highest BCUT2D eigenvalue weighted by molar-refractivity contribution is 7.98. The van der Waals surface area contributed by atoms with E-state index in [4.69, 9.17) is 4.42 Å². The van der Waals surface area contributed by atoms with Gasteiger partial charge in [-0.15, -0.1) is 0 Å². The minimum Gasteiger partial charge on any atom is -0.467 e. The van der Waals surface area contributed by atoms with Crippen molar-refractivity contribution in [1.29, 1.82) is 0 Å². The lowest BCUT2D eigenvalue weighted by Crippen LogP contribution is -2.30. The van der Waals surface area contributed by atoms with E-state index in [0.29, 0.717) is 29.4 Å². The van der Waals surface area contributed by atoms with Crippen LogP contribution in [0.15, 0.2) is 71.3 Å². The second-order valence-corrected chi connectivity index (χ2v) is 8.92. The number of fused-ring (bicyclic) bond motifs is 1. The number of carbonyl (C=O) groups excluding carboxylic acids is 1. The van der Waals surface area contributed by atoms with Gasteiger partial charge < -0.3 is 4.42 Å². The molecule has 2 aromatic heterocycles. The number of thiazole rings is 1. The van der Waals surface area contributed by atoms with Gasteiger partial charge in [0.15, 0.2) is 5.13 Å². The van der Waals surface area contributed by atoms with Crippen LogP contribution < -0.4 is 4.90 Å². The van der Waals surface area contributed by atoms with E-state index >= 15 is 0 Å². The van der Waals surface area contributed by atoms with Gasteiger partial charge in [-0.1, -0.05) is 41.7 Å². The smallest absolute Gasteiger partial charge is 0.229 e. The number of aromatic nitrogens is 1. The molecule has 4 aromatic rings. The zero-order valence-electron chi connectivity index (χ0n) is 16.3. The number of thioether (sulfide) groups is 1. The van der Waals surface area contributed by atoms with E-state index in [2.05, 4.69) is 17.1 Å². The summed E-state index contributed by atoms with van der Waals surface area (Å²) in [5.74, 6) is 2.21. The van der Waals surface area contributed by atoms with Crippen LogP contribution in [0, 0.1) is 5.82 Å². The molecule has 0 saturated heterocycles. The lowest BCUT2D eigenvalue weighted by Gasteiger charge is -2.18. The van der Waals surface area contributed by atoms with Gasteiger partial charge >= 0.3 is 0 Å². The van der Waals surface area contributed by atoms with E-state index in [1.807, 2.05) is 36.0 Å². The van der Waals surface area contributed by atoms with Crippen molar-refractivity contribution in [2.45, 2.75) is 25.1 Å². The van der Waals surface area contributed by atoms with Crippen LogP contribution in [0.3, 0.4) is 0 Å². The SMILES string of the molecule is O=C(CCCSCc1ccccc1)N(Cc1ccco1)c1nc2ccc(F)cc2s1. The minimum atomic E-state index is -0.308. The maximum atomic E-state index is 13.6. The first kappa shape index (κ1) is 20.6. The summed E-state index contributed by atoms with van der Waals surface area (Å²) in [5, 5.41) is 0.564. The minimum absolute atomic E-state index is 0.00811. The Labute approximate surface area is 182 Å². The Bertz CT molecular complexity index is 1100. The number of halogens is 1. The fourth-order valence-electron chi connectivity index (χ4n) is 3.05. The lowest BCUT2D eigenvalue weighted by atomic mass is 10.2. The van der Waals surface area contributed by atoms with E-state index in [1.165, 1.54) is 29.0 Å². The third-order valence-electron chi connectivity index (χ3n) is 4.56. The molecule has 0 saturated carbocycles. The molecule has 0 bridgehead atoms. The number of hydrogen-bond donors (Lipinski definition) is 0. The van der Waals surface area contributed by atoms with E-state index < -0.39 is 0 Å². The van der Waals surface area contributed by atoms with Crippen LogP contribution >= 0.6 is 23.1 Å². The van der Waals surface area contributed by atoms with Crippen LogP contribution in [0.4, 0.5) is 9.52 Å². The predicted molar refractivity (Wildman–Crippen MR) is 121 cm³/mol. The summed E-state index contributed by atoms with van der Waals surface area (Å²) in [4.78, 5) is 19.2. The molecule has 0 aliphatic heterocycles. The van der Waals surface area contributed by atoms with Crippen molar-refractivity contribution in [1.82, 2.24) is 4.98 Å². The van der Waals surface area contributed by atoms with Crippen LogP contribution in [-0.2, 0) is 17.1 Å². The molecule has 7 heteroatoms. The first-order valence-electron chi connectivity index (χ1n) is 9.69. The van der Waals surface area contributed by atoms with Gasteiger partial charge in [-0.3, -0.25) is 9.69 Å². The summed E-state index contributed by atoms with van der Waals surface area (Å²) >= 11 is 3.14. The summed E-state index contributed by atoms with van der Waals surface area (Å²) in [7, 11) is 0. The Balaban J connectivity index is 1.40. The summed E-state index contributed by atoms with van der Waals surface area (Å²) in [6.45, 7) is 0.311. The number of benzene rings is 2. The van der Waals surface area contributed by atoms with Crippen LogP contribution in [0.5, 0.6) is 0 Å². The van der Waals surface area contributed by atoms with Gasteiger partial charge in [-0.05, 0) is 48.1 Å². The average Bonchev–Trinajstić information content (AvgIpc) is 3.41. The molecular formula is C23H21FN2O2S2. The van der Waals surface area contributed by atoms with Crippen molar-refractivity contribution in [2.75, 3.05) is 10.7 Å². The van der Waals surface area contributed by atoms with Crippen molar-refractivity contribution in [3.8, 4) is 0 Å². The second kappa shape index (κ2) is 9.91. The number of furan rings is 1. The van der Waals surface area contributed by atoms with Gasteiger partial charge in [0.05, 0.1) is 23.0 Å². The number of hydrogen-bond acceptors (Lipinski definition) is 5. The van der Waals surface area contributed by atoms with Crippen LogP contribution in [0.1, 0.15) is 24.2 Å². The number of nitrogens with zero attached hydrogens (tertiary/aromatic N) is 2. The maximum absolute atomic E-state index is 13.6. The molecular weight excluding hydrogens is 419 g/mol. The van der Waals surface area contributed by atoms with E-state index in [0.717, 1.165) is 22.6 Å². The highest BCUT2D eigenvalue weighted by atomic mass is 32.2. The largest absolute Gasteiger partial charge is 0.467 e. The zero-order chi connectivity index (χ0) is 20.8. The standard InChI is InChI=1S/C23H21FN2O2S2/c24-18-10-11-20-21(14-18)30-23(25-20)26(15-19-8-4-12-28-19)22(27)9-5-13-29-16-17-6-2-1-3-7-17/h1-4,6-8,10-12,14H,5,9,13,15-16H2.